The Labute approximate surface area is 133 Å². The zero-order valence-electron chi connectivity index (χ0n) is 13.1. The second-order valence-electron chi connectivity index (χ2n) is 4.56. The second kappa shape index (κ2) is 9.88. The van der Waals surface area contributed by atoms with Gasteiger partial charge in [0.15, 0.2) is 5.96 Å². The first-order valence-electron chi connectivity index (χ1n) is 7.02. The smallest absolute Gasteiger partial charge is 0.390 e. The molecule has 0 radical (unpaired) electrons. The van der Waals surface area contributed by atoms with Crippen molar-refractivity contribution in [2.45, 2.75) is 19.1 Å². The van der Waals surface area contributed by atoms with Gasteiger partial charge in [-0.15, -0.1) is 0 Å². The minimum absolute atomic E-state index is 0.228. The number of pyridine rings is 1. The van der Waals surface area contributed by atoms with Gasteiger partial charge in [0.25, 0.3) is 0 Å². The molecule has 0 saturated heterocycles. The molecule has 0 aliphatic carbocycles. The fourth-order valence-corrected chi connectivity index (χ4v) is 1.56. The van der Waals surface area contributed by atoms with E-state index in [4.69, 9.17) is 9.47 Å². The van der Waals surface area contributed by atoms with Crippen LogP contribution in [-0.2, 0) is 11.3 Å². The summed E-state index contributed by atoms with van der Waals surface area (Å²) in [6, 6.07) is 3.53. The molecule has 0 atom stereocenters. The molecular weight excluding hydrogens is 313 g/mol. The van der Waals surface area contributed by atoms with Crippen molar-refractivity contribution in [2.24, 2.45) is 4.99 Å². The lowest BCUT2D eigenvalue weighted by Gasteiger charge is -2.13. The van der Waals surface area contributed by atoms with Crippen molar-refractivity contribution in [3.05, 3.63) is 23.9 Å². The van der Waals surface area contributed by atoms with E-state index in [9.17, 15) is 13.2 Å². The van der Waals surface area contributed by atoms with E-state index in [1.165, 1.54) is 7.05 Å². The van der Waals surface area contributed by atoms with Crippen LogP contribution in [0.2, 0.25) is 0 Å². The van der Waals surface area contributed by atoms with Gasteiger partial charge in [-0.1, -0.05) is 6.07 Å². The van der Waals surface area contributed by atoms with E-state index in [0.717, 1.165) is 5.56 Å². The molecule has 2 N–H and O–H groups in total. The van der Waals surface area contributed by atoms with Crippen LogP contribution in [0.5, 0.6) is 5.88 Å². The van der Waals surface area contributed by atoms with Crippen molar-refractivity contribution in [1.29, 1.82) is 0 Å². The van der Waals surface area contributed by atoms with Gasteiger partial charge < -0.3 is 20.1 Å². The van der Waals surface area contributed by atoms with E-state index in [1.807, 2.05) is 6.07 Å². The quantitative estimate of drug-likeness (QED) is 0.430. The molecule has 130 valence electrons. The maximum absolute atomic E-state index is 12.1. The van der Waals surface area contributed by atoms with Crippen LogP contribution in [0.1, 0.15) is 12.0 Å². The number of guanidine groups is 1. The molecule has 0 bridgehead atoms. The third kappa shape index (κ3) is 8.87. The van der Waals surface area contributed by atoms with Crippen molar-refractivity contribution in [2.75, 3.05) is 33.9 Å². The maximum atomic E-state index is 12.1. The molecule has 0 spiro atoms. The largest absolute Gasteiger partial charge is 0.475 e. The highest BCUT2D eigenvalue weighted by Gasteiger charge is 2.26. The van der Waals surface area contributed by atoms with Gasteiger partial charge >= 0.3 is 6.18 Å². The average Bonchev–Trinajstić information content (AvgIpc) is 2.51. The van der Waals surface area contributed by atoms with Crippen LogP contribution < -0.4 is 15.4 Å². The number of aromatic nitrogens is 1. The average molecular weight is 334 g/mol. The summed E-state index contributed by atoms with van der Waals surface area (Å²) in [6.45, 7) is 1.05. The molecule has 1 aromatic heterocycles. The topological polar surface area (TPSA) is 67.8 Å². The Morgan fingerprint density at radius 1 is 1.26 bits per heavy atom. The highest BCUT2D eigenvalue weighted by Crippen LogP contribution is 2.18. The van der Waals surface area contributed by atoms with Gasteiger partial charge in [0.2, 0.25) is 5.88 Å². The van der Waals surface area contributed by atoms with Crippen LogP contribution in [0.15, 0.2) is 23.3 Å². The molecule has 0 saturated carbocycles. The molecular formula is C14H21F3N4O2. The third-order valence-electron chi connectivity index (χ3n) is 2.72. The van der Waals surface area contributed by atoms with Gasteiger partial charge in [-0.3, -0.25) is 4.99 Å². The Balaban J connectivity index is 2.35. The summed E-state index contributed by atoms with van der Waals surface area (Å²) in [6.07, 6.45) is -3.48. The summed E-state index contributed by atoms with van der Waals surface area (Å²) in [5.41, 5.74) is 0.850. The number of halogens is 3. The normalized spacial score (nSPS) is 12.1. The molecule has 0 unspecified atom stereocenters. The van der Waals surface area contributed by atoms with Crippen LogP contribution in [0.4, 0.5) is 13.2 Å². The van der Waals surface area contributed by atoms with Crippen LogP contribution in [0.3, 0.4) is 0 Å². The van der Waals surface area contributed by atoms with Crippen molar-refractivity contribution >= 4 is 5.96 Å². The van der Waals surface area contributed by atoms with E-state index in [0.29, 0.717) is 31.6 Å². The molecule has 1 aromatic rings. The van der Waals surface area contributed by atoms with Gasteiger partial charge in [-0.25, -0.2) is 4.98 Å². The molecule has 0 fully saturated rings. The molecule has 1 heterocycles. The van der Waals surface area contributed by atoms with Crippen LogP contribution in [-0.4, -0.2) is 51.0 Å². The van der Waals surface area contributed by atoms with Gasteiger partial charge in [-0.2, -0.15) is 13.2 Å². The molecule has 0 aliphatic rings. The zero-order valence-corrected chi connectivity index (χ0v) is 13.1. The summed E-state index contributed by atoms with van der Waals surface area (Å²) in [5, 5.41) is 5.52. The van der Waals surface area contributed by atoms with Crippen LogP contribution in [0.25, 0.3) is 0 Å². The molecule has 0 aliphatic heterocycles. The number of alkyl halides is 3. The lowest BCUT2D eigenvalue weighted by Crippen LogP contribution is -2.38. The van der Waals surface area contributed by atoms with E-state index in [-0.39, 0.29) is 6.54 Å². The third-order valence-corrected chi connectivity index (χ3v) is 2.72. The Morgan fingerprint density at radius 2 is 2.04 bits per heavy atom. The zero-order chi connectivity index (χ0) is 17.1. The molecule has 23 heavy (non-hydrogen) atoms. The molecule has 6 nitrogen and oxygen atoms in total. The SMILES string of the molecule is CN=C(NCCC(F)(F)F)NCc1ccc(OCCOC)nc1. The lowest BCUT2D eigenvalue weighted by atomic mass is 10.3. The summed E-state index contributed by atoms with van der Waals surface area (Å²) in [4.78, 5) is 7.98. The number of methoxy groups -OCH3 is 1. The molecule has 0 amide bonds. The first-order chi connectivity index (χ1) is 10.9. The molecule has 1 rings (SSSR count). The number of nitrogens with zero attached hydrogens (tertiary/aromatic N) is 2. The predicted octanol–water partition coefficient (Wildman–Crippen LogP) is 1.72. The summed E-state index contributed by atoms with van der Waals surface area (Å²) in [7, 11) is 3.08. The molecule has 0 aromatic carbocycles. The number of rotatable bonds is 8. The highest BCUT2D eigenvalue weighted by atomic mass is 19.4. The van der Waals surface area contributed by atoms with Gasteiger partial charge in [0.05, 0.1) is 13.0 Å². The Bertz CT molecular complexity index is 478. The Morgan fingerprint density at radius 3 is 2.61 bits per heavy atom. The fraction of sp³-hybridized carbons (Fsp3) is 0.571. The minimum Gasteiger partial charge on any atom is -0.475 e. The summed E-state index contributed by atoms with van der Waals surface area (Å²) < 4.78 is 46.4. The predicted molar refractivity (Wildman–Crippen MR) is 80.5 cm³/mol. The van der Waals surface area contributed by atoms with Crippen LogP contribution >= 0.6 is 0 Å². The lowest BCUT2D eigenvalue weighted by molar-refractivity contribution is -0.132. The number of nitrogens with one attached hydrogen (secondary N) is 2. The number of hydrogen-bond acceptors (Lipinski definition) is 4. The van der Waals surface area contributed by atoms with Crippen molar-refractivity contribution in [3.8, 4) is 5.88 Å². The van der Waals surface area contributed by atoms with Crippen LogP contribution in [0, 0.1) is 0 Å². The monoisotopic (exact) mass is 334 g/mol. The Kier molecular flexibility index (Phi) is 8.17. The summed E-state index contributed by atoms with van der Waals surface area (Å²) >= 11 is 0. The summed E-state index contributed by atoms with van der Waals surface area (Å²) in [5.74, 6) is 0.785. The molecule has 9 heteroatoms. The van der Waals surface area contributed by atoms with Crippen molar-refractivity contribution in [1.82, 2.24) is 15.6 Å². The van der Waals surface area contributed by atoms with E-state index < -0.39 is 12.6 Å². The van der Waals surface area contributed by atoms with E-state index in [2.05, 4.69) is 20.6 Å². The Hall–Kier alpha value is -2.03. The first-order valence-corrected chi connectivity index (χ1v) is 7.02. The van der Waals surface area contributed by atoms with Gasteiger partial charge in [-0.05, 0) is 5.56 Å². The van der Waals surface area contributed by atoms with E-state index in [1.54, 1.807) is 19.4 Å². The van der Waals surface area contributed by atoms with Gasteiger partial charge in [0, 0.05) is 39.5 Å². The van der Waals surface area contributed by atoms with Crippen molar-refractivity contribution < 1.29 is 22.6 Å². The number of hydrogen-bond donors (Lipinski definition) is 2. The van der Waals surface area contributed by atoms with Gasteiger partial charge in [0.1, 0.15) is 6.61 Å². The fourth-order valence-electron chi connectivity index (χ4n) is 1.56. The van der Waals surface area contributed by atoms with Crippen molar-refractivity contribution in [3.63, 3.8) is 0 Å². The first kappa shape index (κ1) is 19.0. The highest BCUT2D eigenvalue weighted by molar-refractivity contribution is 5.79. The number of aliphatic imine (C=N–C) groups is 1. The standard InChI is InChI=1S/C14H21F3N4O2/c1-18-13(19-6-5-14(15,16)17)21-10-11-3-4-12(20-9-11)23-8-7-22-2/h3-4,9H,5-8,10H2,1-2H3,(H2,18,19,21). The maximum Gasteiger partial charge on any atom is 0.390 e. The minimum atomic E-state index is -4.19. The second-order valence-corrected chi connectivity index (χ2v) is 4.56. The van der Waals surface area contributed by atoms with E-state index >= 15 is 0 Å². The number of ether oxygens (including phenoxy) is 2.